The number of hydrogen-bond acceptors (Lipinski definition) is 5. The largest absolute Gasteiger partial charge is 0.380 e. The lowest BCUT2D eigenvalue weighted by atomic mass is 10.3. The molecule has 0 unspecified atom stereocenters. The van der Waals surface area contributed by atoms with Gasteiger partial charge in [-0.2, -0.15) is 0 Å². The van der Waals surface area contributed by atoms with Gasteiger partial charge >= 0.3 is 0 Å². The third-order valence-electron chi connectivity index (χ3n) is 3.56. The van der Waals surface area contributed by atoms with Crippen molar-refractivity contribution in [3.8, 4) is 0 Å². The summed E-state index contributed by atoms with van der Waals surface area (Å²) in [5, 5.41) is 3.36. The monoisotopic (exact) mass is 301 g/mol. The zero-order valence-corrected chi connectivity index (χ0v) is 13.6. The lowest BCUT2D eigenvalue weighted by Crippen LogP contribution is -2.44. The molecule has 6 heteroatoms. The van der Waals surface area contributed by atoms with Crippen LogP contribution in [0.25, 0.3) is 0 Å². The fraction of sp³-hybridized carbons (Fsp3) is 0.933. The maximum Gasteiger partial charge on any atom is 0.236 e. The highest BCUT2D eigenvalue weighted by Crippen LogP contribution is 1.99. The van der Waals surface area contributed by atoms with Crippen LogP contribution in [0.15, 0.2) is 0 Å². The van der Waals surface area contributed by atoms with E-state index in [2.05, 4.69) is 10.2 Å². The molecule has 0 aromatic rings. The molecule has 1 fully saturated rings. The smallest absolute Gasteiger partial charge is 0.236 e. The number of amides is 1. The predicted molar refractivity (Wildman–Crippen MR) is 83.5 cm³/mol. The molecular weight excluding hydrogens is 270 g/mol. The summed E-state index contributed by atoms with van der Waals surface area (Å²) in [5.41, 5.74) is 0. The average Bonchev–Trinajstić information content (AvgIpc) is 2.74. The summed E-state index contributed by atoms with van der Waals surface area (Å²) in [5.74, 6) is 0.177. The topological polar surface area (TPSA) is 54.0 Å². The molecule has 124 valence electrons. The molecule has 0 aromatic heterocycles. The molecule has 1 saturated heterocycles. The second-order valence-electron chi connectivity index (χ2n) is 5.15. The van der Waals surface area contributed by atoms with Crippen LogP contribution in [0.4, 0.5) is 0 Å². The van der Waals surface area contributed by atoms with Crippen molar-refractivity contribution in [1.82, 2.24) is 15.1 Å². The van der Waals surface area contributed by atoms with E-state index in [1.54, 1.807) is 0 Å². The van der Waals surface area contributed by atoms with Gasteiger partial charge in [0.15, 0.2) is 0 Å². The first-order valence-corrected chi connectivity index (χ1v) is 8.14. The van der Waals surface area contributed by atoms with E-state index in [9.17, 15) is 4.79 Å². The number of ether oxygens (including phenoxy) is 2. The number of hydrogen-bond donors (Lipinski definition) is 1. The van der Waals surface area contributed by atoms with Crippen LogP contribution in [0.3, 0.4) is 0 Å². The van der Waals surface area contributed by atoms with E-state index >= 15 is 0 Å². The Morgan fingerprint density at radius 1 is 1.10 bits per heavy atom. The highest BCUT2D eigenvalue weighted by Gasteiger charge is 2.18. The van der Waals surface area contributed by atoms with Crippen molar-refractivity contribution in [3.05, 3.63) is 0 Å². The SMILES string of the molecule is CCOCCN(CCOCC)C(=O)CN1CCCNCC1. The Morgan fingerprint density at radius 3 is 2.38 bits per heavy atom. The zero-order chi connectivity index (χ0) is 15.3. The Balaban J connectivity index is 2.39. The molecule has 1 aliphatic heterocycles. The van der Waals surface area contributed by atoms with E-state index < -0.39 is 0 Å². The van der Waals surface area contributed by atoms with Gasteiger partial charge in [-0.15, -0.1) is 0 Å². The van der Waals surface area contributed by atoms with Crippen molar-refractivity contribution >= 4 is 5.91 Å². The van der Waals surface area contributed by atoms with Gasteiger partial charge in [-0.05, 0) is 33.4 Å². The first-order chi connectivity index (χ1) is 10.3. The number of nitrogens with one attached hydrogen (secondary N) is 1. The van der Waals surface area contributed by atoms with Crippen LogP contribution >= 0.6 is 0 Å². The standard InChI is InChI=1S/C15H31N3O3/c1-3-20-12-10-18(11-13-21-4-2)15(19)14-17-8-5-6-16-7-9-17/h16H,3-14H2,1-2H3. The lowest BCUT2D eigenvalue weighted by Gasteiger charge is -2.26. The average molecular weight is 301 g/mol. The summed E-state index contributed by atoms with van der Waals surface area (Å²) in [7, 11) is 0. The maximum absolute atomic E-state index is 12.5. The van der Waals surface area contributed by atoms with Crippen molar-refractivity contribution < 1.29 is 14.3 Å². The molecular formula is C15H31N3O3. The van der Waals surface area contributed by atoms with Gasteiger partial charge in [0.25, 0.3) is 0 Å². The maximum atomic E-state index is 12.5. The molecule has 1 heterocycles. The van der Waals surface area contributed by atoms with Crippen LogP contribution in [0.1, 0.15) is 20.3 Å². The van der Waals surface area contributed by atoms with Crippen molar-refractivity contribution in [2.45, 2.75) is 20.3 Å². The number of nitrogens with zero attached hydrogens (tertiary/aromatic N) is 2. The number of carbonyl (C=O) groups is 1. The second-order valence-corrected chi connectivity index (χ2v) is 5.15. The molecule has 1 amide bonds. The normalized spacial score (nSPS) is 16.7. The minimum atomic E-state index is 0.177. The fourth-order valence-corrected chi connectivity index (χ4v) is 2.35. The highest BCUT2D eigenvalue weighted by atomic mass is 16.5. The molecule has 21 heavy (non-hydrogen) atoms. The van der Waals surface area contributed by atoms with Crippen LogP contribution in [0, 0.1) is 0 Å². The molecule has 0 saturated carbocycles. The Hall–Kier alpha value is -0.690. The summed E-state index contributed by atoms with van der Waals surface area (Å²) in [6.07, 6.45) is 1.10. The van der Waals surface area contributed by atoms with E-state index in [0.29, 0.717) is 46.1 Å². The molecule has 0 spiro atoms. The molecule has 0 atom stereocenters. The number of rotatable bonds is 10. The van der Waals surface area contributed by atoms with Crippen LogP contribution in [0.5, 0.6) is 0 Å². The highest BCUT2D eigenvalue weighted by molar-refractivity contribution is 5.78. The van der Waals surface area contributed by atoms with Gasteiger partial charge in [0.2, 0.25) is 5.91 Å². The molecule has 1 aliphatic rings. The van der Waals surface area contributed by atoms with Crippen LogP contribution in [0.2, 0.25) is 0 Å². The molecule has 1 rings (SSSR count). The number of carbonyl (C=O) groups excluding carboxylic acids is 1. The van der Waals surface area contributed by atoms with Gasteiger partial charge in [0.05, 0.1) is 19.8 Å². The van der Waals surface area contributed by atoms with Gasteiger partial charge in [-0.1, -0.05) is 0 Å². The first-order valence-electron chi connectivity index (χ1n) is 8.14. The zero-order valence-electron chi connectivity index (χ0n) is 13.6. The van der Waals surface area contributed by atoms with Gasteiger partial charge in [-0.3, -0.25) is 9.69 Å². The van der Waals surface area contributed by atoms with Crippen LogP contribution < -0.4 is 5.32 Å². The quantitative estimate of drug-likeness (QED) is 0.584. The Morgan fingerprint density at radius 2 is 1.76 bits per heavy atom. The van der Waals surface area contributed by atoms with Crippen LogP contribution in [-0.2, 0) is 14.3 Å². The second kappa shape index (κ2) is 11.9. The van der Waals surface area contributed by atoms with E-state index in [4.69, 9.17) is 9.47 Å². The molecule has 1 N–H and O–H groups in total. The van der Waals surface area contributed by atoms with Crippen molar-refractivity contribution in [2.75, 3.05) is 72.2 Å². The third-order valence-corrected chi connectivity index (χ3v) is 3.56. The predicted octanol–water partition coefficient (Wildman–Crippen LogP) is 0.183. The Bertz CT molecular complexity index is 259. The molecule has 0 aromatic carbocycles. The summed E-state index contributed by atoms with van der Waals surface area (Å²) < 4.78 is 10.7. The van der Waals surface area contributed by atoms with E-state index in [0.717, 1.165) is 32.6 Å². The van der Waals surface area contributed by atoms with Crippen molar-refractivity contribution in [2.24, 2.45) is 0 Å². The molecule has 0 aliphatic carbocycles. The first kappa shape index (κ1) is 18.4. The Kier molecular flexibility index (Phi) is 10.4. The third kappa shape index (κ3) is 8.36. The van der Waals surface area contributed by atoms with Gasteiger partial charge in [0.1, 0.15) is 0 Å². The summed E-state index contributed by atoms with van der Waals surface area (Å²) >= 11 is 0. The lowest BCUT2D eigenvalue weighted by molar-refractivity contribution is -0.134. The van der Waals surface area contributed by atoms with Gasteiger partial charge in [0, 0.05) is 39.4 Å². The minimum Gasteiger partial charge on any atom is -0.380 e. The summed E-state index contributed by atoms with van der Waals surface area (Å²) in [4.78, 5) is 16.6. The van der Waals surface area contributed by atoms with Crippen molar-refractivity contribution in [1.29, 1.82) is 0 Å². The van der Waals surface area contributed by atoms with Crippen molar-refractivity contribution in [3.63, 3.8) is 0 Å². The van der Waals surface area contributed by atoms with Gasteiger partial charge in [-0.25, -0.2) is 0 Å². The molecule has 0 bridgehead atoms. The Labute approximate surface area is 128 Å². The van der Waals surface area contributed by atoms with E-state index in [-0.39, 0.29) is 5.91 Å². The minimum absolute atomic E-state index is 0.177. The summed E-state index contributed by atoms with van der Waals surface area (Å²) in [6, 6.07) is 0. The fourth-order valence-electron chi connectivity index (χ4n) is 2.35. The van der Waals surface area contributed by atoms with Crippen LogP contribution in [-0.4, -0.2) is 87.9 Å². The van der Waals surface area contributed by atoms with E-state index in [1.165, 1.54) is 0 Å². The molecule has 0 radical (unpaired) electrons. The van der Waals surface area contributed by atoms with E-state index in [1.807, 2.05) is 18.7 Å². The molecule has 6 nitrogen and oxygen atoms in total. The summed E-state index contributed by atoms with van der Waals surface area (Å²) in [6.45, 7) is 12.2. The van der Waals surface area contributed by atoms with Gasteiger partial charge < -0.3 is 19.7 Å².